The SMILES string of the molecule is Cc1cc(C)cc(/C=C(/C(=O)O)c2cccc(Oc3ccc(CC4SC(=O)NC4=O)cc3)c2)c1. The van der Waals surface area contributed by atoms with Gasteiger partial charge in [-0.2, -0.15) is 0 Å². The molecule has 172 valence electrons. The van der Waals surface area contributed by atoms with Gasteiger partial charge in [-0.15, -0.1) is 0 Å². The molecule has 34 heavy (non-hydrogen) atoms. The molecule has 2 amide bonds. The molecule has 1 aliphatic heterocycles. The first-order chi connectivity index (χ1) is 16.3. The molecule has 1 heterocycles. The fourth-order valence-electron chi connectivity index (χ4n) is 3.83. The molecule has 3 aromatic carbocycles. The summed E-state index contributed by atoms with van der Waals surface area (Å²) < 4.78 is 5.94. The zero-order chi connectivity index (χ0) is 24.2. The highest BCUT2D eigenvalue weighted by molar-refractivity contribution is 8.15. The van der Waals surface area contributed by atoms with E-state index in [0.717, 1.165) is 34.0 Å². The number of rotatable bonds is 7. The van der Waals surface area contributed by atoms with Crippen LogP contribution in [0, 0.1) is 13.8 Å². The molecule has 0 saturated carbocycles. The van der Waals surface area contributed by atoms with Crippen LogP contribution in [-0.4, -0.2) is 27.5 Å². The number of hydrogen-bond donors (Lipinski definition) is 2. The highest BCUT2D eigenvalue weighted by Crippen LogP contribution is 2.28. The predicted octanol–water partition coefficient (Wildman–Crippen LogP) is 5.62. The van der Waals surface area contributed by atoms with Crippen LogP contribution < -0.4 is 10.1 Å². The average Bonchev–Trinajstić information content (AvgIpc) is 3.09. The fraction of sp³-hybridized carbons (Fsp3) is 0.148. The van der Waals surface area contributed by atoms with E-state index < -0.39 is 11.2 Å². The number of imide groups is 1. The van der Waals surface area contributed by atoms with Crippen molar-refractivity contribution in [1.82, 2.24) is 5.32 Å². The summed E-state index contributed by atoms with van der Waals surface area (Å²) in [5, 5.41) is 11.4. The van der Waals surface area contributed by atoms with Gasteiger partial charge in [0.25, 0.3) is 5.24 Å². The second kappa shape index (κ2) is 9.97. The van der Waals surface area contributed by atoms with Crippen molar-refractivity contribution in [2.45, 2.75) is 25.5 Å². The standard InChI is InChI=1S/C27H23NO5S/c1-16-10-17(2)12-19(11-16)13-23(26(30)31)20-4-3-5-22(15-20)33-21-8-6-18(7-9-21)14-24-25(29)28-27(32)34-24/h3-13,15,24H,14H2,1-2H3,(H,30,31)(H,28,29,32)/b23-13+. The largest absolute Gasteiger partial charge is 0.478 e. The van der Waals surface area contributed by atoms with E-state index >= 15 is 0 Å². The zero-order valence-electron chi connectivity index (χ0n) is 18.7. The van der Waals surface area contributed by atoms with Gasteiger partial charge in [0.2, 0.25) is 5.91 Å². The Morgan fingerprint density at radius 2 is 1.71 bits per heavy atom. The molecule has 1 aliphatic rings. The third kappa shape index (κ3) is 5.74. The monoisotopic (exact) mass is 473 g/mol. The number of nitrogens with one attached hydrogen (secondary N) is 1. The van der Waals surface area contributed by atoms with Gasteiger partial charge >= 0.3 is 5.97 Å². The maximum Gasteiger partial charge on any atom is 0.336 e. The van der Waals surface area contributed by atoms with E-state index in [1.165, 1.54) is 0 Å². The van der Waals surface area contributed by atoms with Crippen molar-refractivity contribution in [3.8, 4) is 11.5 Å². The molecule has 0 spiro atoms. The Balaban J connectivity index is 1.51. The normalized spacial score (nSPS) is 15.8. The Bertz CT molecular complexity index is 1280. The summed E-state index contributed by atoms with van der Waals surface area (Å²) in [4.78, 5) is 35.1. The van der Waals surface area contributed by atoms with Gasteiger partial charge in [0.1, 0.15) is 11.5 Å². The maximum absolute atomic E-state index is 12.0. The summed E-state index contributed by atoms with van der Waals surface area (Å²) in [5.74, 6) is -0.201. The molecule has 4 rings (SSSR count). The van der Waals surface area contributed by atoms with Gasteiger partial charge in [-0.1, -0.05) is 65.4 Å². The van der Waals surface area contributed by atoms with E-state index in [1.807, 2.05) is 44.2 Å². The summed E-state index contributed by atoms with van der Waals surface area (Å²) in [5.41, 5.74) is 4.58. The molecular weight excluding hydrogens is 450 g/mol. The predicted molar refractivity (Wildman–Crippen MR) is 133 cm³/mol. The number of aliphatic carboxylic acids is 1. The highest BCUT2D eigenvalue weighted by Gasteiger charge is 2.31. The fourth-order valence-corrected chi connectivity index (χ4v) is 4.69. The number of hydrogen-bond acceptors (Lipinski definition) is 5. The number of carboxylic acid groups (broad SMARTS) is 1. The summed E-state index contributed by atoms with van der Waals surface area (Å²) in [6.45, 7) is 3.96. The number of amides is 2. The lowest BCUT2D eigenvalue weighted by atomic mass is 10.0. The van der Waals surface area contributed by atoms with E-state index in [2.05, 4.69) is 5.32 Å². The third-order valence-corrected chi connectivity index (χ3v) is 6.26. The first kappa shape index (κ1) is 23.3. The highest BCUT2D eigenvalue weighted by atomic mass is 32.2. The van der Waals surface area contributed by atoms with Crippen LogP contribution in [0.15, 0.2) is 66.7 Å². The number of carbonyl (C=O) groups excluding carboxylic acids is 2. The lowest BCUT2D eigenvalue weighted by molar-refractivity contribution is -0.130. The number of aryl methyl sites for hydroxylation is 2. The molecule has 1 atom stereocenters. The van der Waals surface area contributed by atoms with E-state index in [0.29, 0.717) is 23.5 Å². The molecule has 1 saturated heterocycles. The van der Waals surface area contributed by atoms with Crippen molar-refractivity contribution in [2.24, 2.45) is 0 Å². The Hall–Kier alpha value is -3.84. The summed E-state index contributed by atoms with van der Waals surface area (Å²) >= 11 is 1.000. The maximum atomic E-state index is 12.0. The lowest BCUT2D eigenvalue weighted by Gasteiger charge is -2.10. The molecule has 1 fully saturated rings. The molecule has 0 aromatic heterocycles. The van der Waals surface area contributed by atoms with Crippen molar-refractivity contribution in [3.63, 3.8) is 0 Å². The minimum Gasteiger partial charge on any atom is -0.478 e. The van der Waals surface area contributed by atoms with Crippen LogP contribution >= 0.6 is 11.8 Å². The molecule has 1 unspecified atom stereocenters. The Morgan fingerprint density at radius 3 is 2.32 bits per heavy atom. The summed E-state index contributed by atoms with van der Waals surface area (Å²) in [6.07, 6.45) is 2.11. The van der Waals surface area contributed by atoms with Crippen molar-refractivity contribution in [2.75, 3.05) is 0 Å². The zero-order valence-corrected chi connectivity index (χ0v) is 19.5. The van der Waals surface area contributed by atoms with Crippen LogP contribution in [0.1, 0.15) is 27.8 Å². The van der Waals surface area contributed by atoms with Gasteiger partial charge in [-0.05, 0) is 67.3 Å². The Labute approximate surface area is 201 Å². The molecule has 0 bridgehead atoms. The van der Waals surface area contributed by atoms with Gasteiger partial charge in [0.15, 0.2) is 0 Å². The summed E-state index contributed by atoms with van der Waals surface area (Å²) in [6, 6.07) is 20.1. The number of thioether (sulfide) groups is 1. The van der Waals surface area contributed by atoms with E-state index in [-0.39, 0.29) is 16.7 Å². The van der Waals surface area contributed by atoms with E-state index in [4.69, 9.17) is 4.74 Å². The second-order valence-corrected chi connectivity index (χ2v) is 9.32. The van der Waals surface area contributed by atoms with Crippen molar-refractivity contribution in [3.05, 3.63) is 94.5 Å². The molecule has 3 aromatic rings. The second-order valence-electron chi connectivity index (χ2n) is 8.15. The van der Waals surface area contributed by atoms with Crippen LogP contribution in [0.4, 0.5) is 4.79 Å². The van der Waals surface area contributed by atoms with Crippen LogP contribution in [0.25, 0.3) is 11.6 Å². The Morgan fingerprint density at radius 1 is 1.00 bits per heavy atom. The van der Waals surface area contributed by atoms with Gasteiger partial charge < -0.3 is 9.84 Å². The van der Waals surface area contributed by atoms with Gasteiger partial charge in [-0.3, -0.25) is 14.9 Å². The van der Waals surface area contributed by atoms with Crippen LogP contribution in [-0.2, 0) is 16.0 Å². The van der Waals surface area contributed by atoms with Crippen LogP contribution in [0.2, 0.25) is 0 Å². The number of ether oxygens (including phenoxy) is 1. The molecular formula is C27H23NO5S. The number of benzene rings is 3. The van der Waals surface area contributed by atoms with Gasteiger partial charge in [-0.25, -0.2) is 4.79 Å². The van der Waals surface area contributed by atoms with Gasteiger partial charge in [0.05, 0.1) is 10.8 Å². The first-order valence-electron chi connectivity index (χ1n) is 10.7. The van der Waals surface area contributed by atoms with Crippen LogP contribution in [0.5, 0.6) is 11.5 Å². The lowest BCUT2D eigenvalue weighted by Crippen LogP contribution is -2.25. The third-order valence-electron chi connectivity index (χ3n) is 5.28. The number of carboxylic acids is 1. The topological polar surface area (TPSA) is 92.7 Å². The molecule has 2 N–H and O–H groups in total. The number of carbonyl (C=O) groups is 3. The van der Waals surface area contributed by atoms with Crippen molar-refractivity contribution >= 4 is 40.5 Å². The smallest absolute Gasteiger partial charge is 0.336 e. The van der Waals surface area contributed by atoms with Crippen molar-refractivity contribution in [1.29, 1.82) is 0 Å². The minimum absolute atomic E-state index is 0.174. The Kier molecular flexibility index (Phi) is 6.84. The molecule has 7 heteroatoms. The first-order valence-corrected chi connectivity index (χ1v) is 11.6. The van der Waals surface area contributed by atoms with Gasteiger partial charge in [0, 0.05) is 0 Å². The van der Waals surface area contributed by atoms with Crippen LogP contribution in [0.3, 0.4) is 0 Å². The molecule has 0 aliphatic carbocycles. The van der Waals surface area contributed by atoms with E-state index in [9.17, 15) is 19.5 Å². The summed E-state index contributed by atoms with van der Waals surface area (Å²) in [7, 11) is 0. The average molecular weight is 474 g/mol. The molecule has 6 nitrogen and oxygen atoms in total. The molecule has 0 radical (unpaired) electrons. The van der Waals surface area contributed by atoms with E-state index in [1.54, 1.807) is 42.5 Å². The minimum atomic E-state index is -1.02. The van der Waals surface area contributed by atoms with Crippen molar-refractivity contribution < 1.29 is 24.2 Å². The quantitative estimate of drug-likeness (QED) is 0.342.